The summed E-state index contributed by atoms with van der Waals surface area (Å²) >= 11 is 0. The minimum atomic E-state index is -0.927. The third kappa shape index (κ3) is 3.31. The molecule has 0 radical (unpaired) electrons. The summed E-state index contributed by atoms with van der Waals surface area (Å²) in [6.07, 6.45) is 0.440. The molecule has 0 aliphatic carbocycles. The predicted octanol–water partition coefficient (Wildman–Crippen LogP) is 1.87. The Labute approximate surface area is 101 Å². The summed E-state index contributed by atoms with van der Waals surface area (Å²) in [6.45, 7) is 5.84. The first-order valence-corrected chi connectivity index (χ1v) is 5.45. The fourth-order valence-electron chi connectivity index (χ4n) is 2.24. The molecule has 0 aromatic heterocycles. The number of rotatable bonds is 5. The quantitative estimate of drug-likeness (QED) is 0.766. The van der Waals surface area contributed by atoms with Gasteiger partial charge in [-0.15, -0.1) is 0 Å². The molecule has 4 heteroatoms. The molecule has 0 bridgehead atoms. The predicted molar refractivity (Wildman–Crippen MR) is 64.8 cm³/mol. The van der Waals surface area contributed by atoms with Gasteiger partial charge in [0.05, 0.1) is 12.5 Å². The van der Waals surface area contributed by atoms with E-state index in [2.05, 4.69) is 5.32 Å². The molecular weight excluding hydrogens is 218 g/mol. The highest BCUT2D eigenvalue weighted by molar-refractivity contribution is 5.69. The zero-order valence-corrected chi connectivity index (χ0v) is 10.3. The maximum atomic E-state index is 10.8. The molecule has 1 amide bonds. The number of benzene rings is 1. The van der Waals surface area contributed by atoms with Gasteiger partial charge in [-0.1, -0.05) is 17.7 Å². The van der Waals surface area contributed by atoms with Gasteiger partial charge in [-0.25, -0.2) is 0 Å². The van der Waals surface area contributed by atoms with Crippen LogP contribution >= 0.6 is 0 Å². The van der Waals surface area contributed by atoms with Crippen LogP contribution in [-0.2, 0) is 9.59 Å². The third-order valence-corrected chi connectivity index (χ3v) is 2.73. The fraction of sp³-hybridized carbons (Fsp3) is 0.385. The summed E-state index contributed by atoms with van der Waals surface area (Å²) in [6, 6.07) is 3.51. The minimum absolute atomic E-state index is 0.108. The molecule has 0 fully saturated rings. The summed E-state index contributed by atoms with van der Waals surface area (Å²) in [5, 5.41) is 11.4. The van der Waals surface area contributed by atoms with E-state index in [1.165, 1.54) is 0 Å². The monoisotopic (exact) mass is 235 g/mol. The number of nitrogens with one attached hydrogen (secondary N) is 1. The Morgan fingerprint density at radius 3 is 2.29 bits per heavy atom. The van der Waals surface area contributed by atoms with Gasteiger partial charge in [0, 0.05) is 0 Å². The summed E-state index contributed by atoms with van der Waals surface area (Å²) in [5.41, 5.74) is 4.03. The number of carboxylic acids is 1. The van der Waals surface area contributed by atoms with Crippen LogP contribution in [0, 0.1) is 20.8 Å². The van der Waals surface area contributed by atoms with Crippen LogP contribution < -0.4 is 5.32 Å². The lowest BCUT2D eigenvalue weighted by Crippen LogP contribution is -2.24. The van der Waals surface area contributed by atoms with Gasteiger partial charge in [-0.2, -0.15) is 0 Å². The number of amides is 1. The van der Waals surface area contributed by atoms with E-state index in [1.807, 2.05) is 32.9 Å². The molecule has 17 heavy (non-hydrogen) atoms. The van der Waals surface area contributed by atoms with Crippen LogP contribution in [0.5, 0.6) is 0 Å². The Morgan fingerprint density at radius 2 is 1.88 bits per heavy atom. The van der Waals surface area contributed by atoms with Crippen LogP contribution in [0.25, 0.3) is 0 Å². The van der Waals surface area contributed by atoms with E-state index in [1.54, 1.807) is 0 Å². The van der Waals surface area contributed by atoms with Crippen molar-refractivity contribution in [3.05, 3.63) is 34.4 Å². The van der Waals surface area contributed by atoms with Crippen molar-refractivity contribution in [2.75, 3.05) is 0 Å². The molecule has 0 aliphatic heterocycles. The number of hydrogen-bond acceptors (Lipinski definition) is 2. The fourth-order valence-corrected chi connectivity index (χ4v) is 2.24. The van der Waals surface area contributed by atoms with Gasteiger partial charge in [0.1, 0.15) is 0 Å². The average molecular weight is 235 g/mol. The number of aryl methyl sites for hydroxylation is 3. The summed E-state index contributed by atoms with van der Waals surface area (Å²) in [5.74, 6) is -0.927. The Balaban J connectivity index is 3.17. The van der Waals surface area contributed by atoms with Gasteiger partial charge >= 0.3 is 5.97 Å². The van der Waals surface area contributed by atoms with E-state index >= 15 is 0 Å². The van der Waals surface area contributed by atoms with Gasteiger partial charge in [-0.05, 0) is 37.5 Å². The molecule has 4 nitrogen and oxygen atoms in total. The van der Waals surface area contributed by atoms with E-state index in [0.717, 1.165) is 22.3 Å². The van der Waals surface area contributed by atoms with Crippen LogP contribution in [0.2, 0.25) is 0 Å². The molecule has 1 aromatic rings. The number of carboxylic acid groups (broad SMARTS) is 1. The zero-order valence-electron chi connectivity index (χ0n) is 10.3. The second kappa shape index (κ2) is 5.48. The minimum Gasteiger partial charge on any atom is -0.481 e. The molecular formula is C13H17NO3. The highest BCUT2D eigenvalue weighted by Crippen LogP contribution is 2.25. The van der Waals surface area contributed by atoms with Crippen molar-refractivity contribution in [1.29, 1.82) is 0 Å². The SMILES string of the molecule is Cc1cc(C)c([C@@H](CC(=O)O)NC=O)c(C)c1. The smallest absolute Gasteiger partial charge is 0.305 e. The van der Waals surface area contributed by atoms with Crippen molar-refractivity contribution in [1.82, 2.24) is 5.32 Å². The summed E-state index contributed by atoms with van der Waals surface area (Å²) < 4.78 is 0. The highest BCUT2D eigenvalue weighted by Gasteiger charge is 2.18. The first kappa shape index (κ1) is 13.2. The van der Waals surface area contributed by atoms with Crippen LogP contribution in [0.1, 0.15) is 34.7 Å². The van der Waals surface area contributed by atoms with Crippen LogP contribution in [0.3, 0.4) is 0 Å². The Morgan fingerprint density at radius 1 is 1.35 bits per heavy atom. The number of carbonyl (C=O) groups excluding carboxylic acids is 1. The highest BCUT2D eigenvalue weighted by atomic mass is 16.4. The molecule has 0 aliphatic rings. The van der Waals surface area contributed by atoms with Crippen molar-refractivity contribution in [3.63, 3.8) is 0 Å². The van der Waals surface area contributed by atoms with Gasteiger partial charge in [0.15, 0.2) is 0 Å². The van der Waals surface area contributed by atoms with Gasteiger partial charge in [-0.3, -0.25) is 9.59 Å². The molecule has 2 N–H and O–H groups in total. The maximum Gasteiger partial charge on any atom is 0.305 e. The normalized spacial score (nSPS) is 11.9. The third-order valence-electron chi connectivity index (χ3n) is 2.73. The topological polar surface area (TPSA) is 66.4 Å². The van der Waals surface area contributed by atoms with E-state index in [-0.39, 0.29) is 6.42 Å². The van der Waals surface area contributed by atoms with E-state index in [4.69, 9.17) is 5.11 Å². The van der Waals surface area contributed by atoms with Crippen molar-refractivity contribution < 1.29 is 14.7 Å². The van der Waals surface area contributed by atoms with Crippen LogP contribution in [0.15, 0.2) is 12.1 Å². The van der Waals surface area contributed by atoms with Crippen LogP contribution in [-0.4, -0.2) is 17.5 Å². The summed E-state index contributed by atoms with van der Waals surface area (Å²) in [7, 11) is 0. The lowest BCUT2D eigenvalue weighted by Gasteiger charge is -2.20. The average Bonchev–Trinajstić information content (AvgIpc) is 2.14. The molecule has 1 rings (SSSR count). The molecule has 1 aromatic carbocycles. The lowest BCUT2D eigenvalue weighted by atomic mass is 9.92. The molecule has 0 unspecified atom stereocenters. The zero-order chi connectivity index (χ0) is 13.0. The molecule has 92 valence electrons. The Bertz CT molecular complexity index is 417. The van der Waals surface area contributed by atoms with Crippen molar-refractivity contribution in [2.24, 2.45) is 0 Å². The van der Waals surface area contributed by atoms with Crippen molar-refractivity contribution in [3.8, 4) is 0 Å². The van der Waals surface area contributed by atoms with E-state index < -0.39 is 12.0 Å². The van der Waals surface area contributed by atoms with Gasteiger partial charge < -0.3 is 10.4 Å². The van der Waals surface area contributed by atoms with E-state index in [9.17, 15) is 9.59 Å². The van der Waals surface area contributed by atoms with Crippen molar-refractivity contribution >= 4 is 12.4 Å². The van der Waals surface area contributed by atoms with Crippen molar-refractivity contribution in [2.45, 2.75) is 33.2 Å². The van der Waals surface area contributed by atoms with Gasteiger partial charge in [0.2, 0.25) is 6.41 Å². The first-order valence-electron chi connectivity index (χ1n) is 5.45. The van der Waals surface area contributed by atoms with Crippen LogP contribution in [0.4, 0.5) is 0 Å². The second-order valence-electron chi connectivity index (χ2n) is 4.25. The van der Waals surface area contributed by atoms with Gasteiger partial charge in [0.25, 0.3) is 0 Å². The Hall–Kier alpha value is -1.84. The molecule has 0 heterocycles. The summed E-state index contributed by atoms with van der Waals surface area (Å²) in [4.78, 5) is 21.3. The second-order valence-corrected chi connectivity index (χ2v) is 4.25. The lowest BCUT2D eigenvalue weighted by molar-refractivity contribution is -0.137. The molecule has 0 saturated carbocycles. The number of carbonyl (C=O) groups is 2. The Kier molecular flexibility index (Phi) is 4.26. The standard InChI is InChI=1S/C13H17NO3/c1-8-4-9(2)13(10(3)5-8)11(14-7-15)6-12(16)17/h4-5,7,11H,6H2,1-3H3,(H,14,15)(H,16,17)/t11-/m1/s1. The molecule has 1 atom stereocenters. The first-order chi connectivity index (χ1) is 7.95. The van der Waals surface area contributed by atoms with E-state index in [0.29, 0.717) is 6.41 Å². The number of aliphatic carboxylic acids is 1. The maximum absolute atomic E-state index is 10.8. The molecule has 0 spiro atoms. The molecule has 0 saturated heterocycles. The number of hydrogen-bond donors (Lipinski definition) is 2. The largest absolute Gasteiger partial charge is 0.481 e.